The Kier molecular flexibility index (Phi) is 12.6. The molecule has 1 saturated carbocycles. The summed E-state index contributed by atoms with van der Waals surface area (Å²) in [5.41, 5.74) is 6.05. The van der Waals surface area contributed by atoms with Crippen molar-refractivity contribution in [3.8, 4) is 23.0 Å². The van der Waals surface area contributed by atoms with Gasteiger partial charge in [0, 0.05) is 40.7 Å². The number of nitrogens with one attached hydrogen (secondary N) is 1. The van der Waals surface area contributed by atoms with Crippen molar-refractivity contribution in [2.75, 3.05) is 46.0 Å². The van der Waals surface area contributed by atoms with Gasteiger partial charge in [0.2, 0.25) is 0 Å². The number of esters is 1. The topological polar surface area (TPSA) is 97.4 Å². The molecule has 314 valence electrons. The van der Waals surface area contributed by atoms with E-state index in [0.717, 1.165) is 72.8 Å². The number of nitrogens with zero attached hydrogens (tertiary/aromatic N) is 1. The molecule has 3 aromatic carbocycles. The Labute approximate surface area is 354 Å². The van der Waals surface area contributed by atoms with Crippen LogP contribution in [0.5, 0.6) is 23.0 Å². The molecule has 0 saturated heterocycles. The van der Waals surface area contributed by atoms with Gasteiger partial charge in [0.1, 0.15) is 17.0 Å². The zero-order chi connectivity index (χ0) is 41.0. The molecule has 4 aromatic rings. The number of benzene rings is 3. The van der Waals surface area contributed by atoms with Crippen molar-refractivity contribution in [3.63, 3.8) is 0 Å². The van der Waals surface area contributed by atoms with Crippen LogP contribution in [0, 0.1) is 17.8 Å². The van der Waals surface area contributed by atoms with Gasteiger partial charge < -0.3 is 33.7 Å². The number of hydrogen-bond donors (Lipinski definition) is 1. The molecule has 1 fully saturated rings. The molecule has 8 rings (SSSR count). The fourth-order valence-electron chi connectivity index (χ4n) is 10.3. The normalized spacial score (nSPS) is 25.0. The molecule has 59 heavy (non-hydrogen) atoms. The van der Waals surface area contributed by atoms with E-state index in [-0.39, 0.29) is 17.3 Å². The summed E-state index contributed by atoms with van der Waals surface area (Å²) >= 11 is 6.39. The average molecular weight is 823 g/mol. The molecule has 10 heteroatoms. The molecule has 1 spiro atoms. The van der Waals surface area contributed by atoms with Gasteiger partial charge in [-0.3, -0.25) is 4.98 Å². The Bertz CT molecular complexity index is 2080. The summed E-state index contributed by atoms with van der Waals surface area (Å²) in [4.78, 5) is 18.4. The lowest BCUT2D eigenvalue weighted by atomic mass is 9.59. The Morgan fingerprint density at radius 1 is 1.00 bits per heavy atom. The van der Waals surface area contributed by atoms with Crippen molar-refractivity contribution >= 4 is 23.3 Å². The number of methoxy groups -OCH3 is 2. The Morgan fingerprint density at radius 3 is 2.53 bits per heavy atom. The molecule has 1 unspecified atom stereocenters. The van der Waals surface area contributed by atoms with E-state index in [2.05, 4.69) is 31.3 Å². The quantitative estimate of drug-likeness (QED) is 0.0985. The van der Waals surface area contributed by atoms with Crippen molar-refractivity contribution in [2.24, 2.45) is 17.8 Å². The van der Waals surface area contributed by atoms with Crippen LogP contribution >= 0.6 is 11.6 Å². The van der Waals surface area contributed by atoms with Gasteiger partial charge in [-0.25, -0.2) is 4.79 Å². The van der Waals surface area contributed by atoms with Gasteiger partial charge in [0.25, 0.3) is 0 Å². The number of hydrogen-bond acceptors (Lipinski definition) is 9. The third-order valence-electron chi connectivity index (χ3n) is 13.6. The number of aromatic nitrogens is 1. The maximum atomic E-state index is 13.7. The van der Waals surface area contributed by atoms with Crippen LogP contribution in [0.4, 0.5) is 5.69 Å². The van der Waals surface area contributed by atoms with Crippen LogP contribution in [0.25, 0.3) is 0 Å². The molecule has 1 N–H and O–H groups in total. The van der Waals surface area contributed by atoms with E-state index >= 15 is 0 Å². The van der Waals surface area contributed by atoms with E-state index in [0.29, 0.717) is 68.7 Å². The highest BCUT2D eigenvalue weighted by Gasteiger charge is 2.55. The first-order valence-electron chi connectivity index (χ1n) is 21.5. The van der Waals surface area contributed by atoms with Crippen LogP contribution < -0.4 is 24.3 Å². The zero-order valence-corrected chi connectivity index (χ0v) is 35.8. The minimum Gasteiger partial charge on any atom is -0.497 e. The molecule has 3 aliphatic carbocycles. The summed E-state index contributed by atoms with van der Waals surface area (Å²) in [6.45, 7) is 7.57. The van der Waals surface area contributed by atoms with Gasteiger partial charge in [-0.05, 0) is 153 Å². The lowest BCUT2D eigenvalue weighted by molar-refractivity contribution is -0.148. The van der Waals surface area contributed by atoms with E-state index < -0.39 is 5.54 Å². The predicted octanol–water partition coefficient (Wildman–Crippen LogP) is 10.3. The maximum absolute atomic E-state index is 13.7. The molecule has 0 bridgehead atoms. The molecule has 2 heterocycles. The number of halogens is 1. The van der Waals surface area contributed by atoms with Gasteiger partial charge in [0.15, 0.2) is 11.5 Å². The number of ether oxygens (including phenoxy) is 6. The molecular weight excluding hydrogens is 764 g/mol. The third kappa shape index (κ3) is 8.88. The molecular formula is C49H59ClN2O7. The van der Waals surface area contributed by atoms with E-state index in [1.54, 1.807) is 7.11 Å². The fraction of sp³-hybridized carbons (Fsp3) is 0.510. The summed E-state index contributed by atoms with van der Waals surface area (Å²) in [6.07, 6.45) is 10.9. The first kappa shape index (κ1) is 41.3. The lowest BCUT2D eigenvalue weighted by Gasteiger charge is -2.47. The maximum Gasteiger partial charge on any atom is 0.331 e. The predicted molar refractivity (Wildman–Crippen MR) is 230 cm³/mol. The molecule has 9 nitrogen and oxygen atoms in total. The number of anilines is 1. The summed E-state index contributed by atoms with van der Waals surface area (Å²) in [6, 6.07) is 22.1. The van der Waals surface area contributed by atoms with Gasteiger partial charge in [0.05, 0.1) is 40.6 Å². The van der Waals surface area contributed by atoms with Crippen LogP contribution in [0.3, 0.4) is 0 Å². The molecule has 0 radical (unpaired) electrons. The van der Waals surface area contributed by atoms with E-state index in [9.17, 15) is 4.79 Å². The smallest absolute Gasteiger partial charge is 0.331 e. The molecule has 0 amide bonds. The van der Waals surface area contributed by atoms with Crippen molar-refractivity contribution < 1.29 is 33.2 Å². The highest BCUT2D eigenvalue weighted by atomic mass is 35.5. The minimum absolute atomic E-state index is 0.152. The number of aryl methyl sites for hydroxylation is 1. The second-order valence-electron chi connectivity index (χ2n) is 17.5. The monoisotopic (exact) mass is 822 g/mol. The number of carbonyl (C=O) groups is 1. The summed E-state index contributed by atoms with van der Waals surface area (Å²) in [5.74, 6) is 4.54. The van der Waals surface area contributed by atoms with Crippen LogP contribution in [-0.4, -0.2) is 57.1 Å². The number of carbonyl (C=O) groups excluding carboxylic acids is 1. The molecule has 4 aliphatic rings. The van der Waals surface area contributed by atoms with E-state index in [1.807, 2.05) is 60.8 Å². The Hall–Kier alpha value is -4.47. The number of rotatable bonds is 14. The Morgan fingerprint density at radius 2 is 1.78 bits per heavy atom. The van der Waals surface area contributed by atoms with Gasteiger partial charge in [-0.1, -0.05) is 43.6 Å². The van der Waals surface area contributed by atoms with Crippen LogP contribution in [0.15, 0.2) is 72.9 Å². The number of pyridine rings is 1. The zero-order valence-electron chi connectivity index (χ0n) is 35.0. The van der Waals surface area contributed by atoms with Crippen molar-refractivity contribution in [1.29, 1.82) is 0 Å². The SMILES string of the molecule is COC(=O)C1(Nc2cccc(Cl)c2)CCC2(CC1)c1cc3c(cc1C[C@@H]2C[C@@H](C)COc1ccnc2c1[C@H](C)CCC2)OCC(CCOCc1ccc(OC)cc1)CO3. The summed E-state index contributed by atoms with van der Waals surface area (Å²) < 4.78 is 36.6. The molecule has 1 aliphatic heterocycles. The Balaban J connectivity index is 0.992. The van der Waals surface area contributed by atoms with Crippen LogP contribution in [-0.2, 0) is 39.1 Å². The standard InChI is InChI=1S/C49H59ClN2O7/c1-32(28-57-43-15-21-51-42-10-5-7-33(2)46(42)43)23-37-24-36-25-44-45(59-31-35(30-58-44)16-22-56-29-34-11-13-40(54-3)14-12-34)27-41(36)48(37)17-19-49(20-18-48,47(53)55-4)52-39-9-6-8-38(50)26-39/h6,8-9,11-15,21,25-27,32-33,35,37,52H,5,7,10,16-20,22-24,28-31H2,1-4H3/t32-,33-,35?,37+,48?,49?/m1/s1. The molecule has 1 aromatic heterocycles. The lowest BCUT2D eigenvalue weighted by Crippen LogP contribution is -2.53. The summed E-state index contributed by atoms with van der Waals surface area (Å²) in [7, 11) is 3.16. The first-order chi connectivity index (χ1) is 28.7. The van der Waals surface area contributed by atoms with Gasteiger partial charge in [-0.2, -0.15) is 0 Å². The van der Waals surface area contributed by atoms with Crippen LogP contribution in [0.2, 0.25) is 5.02 Å². The van der Waals surface area contributed by atoms with E-state index in [1.165, 1.54) is 42.3 Å². The van der Waals surface area contributed by atoms with E-state index in [4.69, 9.17) is 45.0 Å². The largest absolute Gasteiger partial charge is 0.497 e. The van der Waals surface area contributed by atoms with Gasteiger partial charge in [-0.15, -0.1) is 0 Å². The first-order valence-corrected chi connectivity index (χ1v) is 21.9. The minimum atomic E-state index is -0.863. The van der Waals surface area contributed by atoms with Gasteiger partial charge >= 0.3 is 5.97 Å². The van der Waals surface area contributed by atoms with Crippen LogP contribution in [0.1, 0.15) is 99.1 Å². The van der Waals surface area contributed by atoms with Crippen molar-refractivity contribution in [1.82, 2.24) is 4.98 Å². The third-order valence-corrected chi connectivity index (χ3v) is 13.8. The second-order valence-corrected chi connectivity index (χ2v) is 18.0. The molecule has 4 atom stereocenters. The van der Waals surface area contributed by atoms with Crippen molar-refractivity contribution in [3.05, 3.63) is 106 Å². The number of fused-ring (bicyclic) bond motifs is 4. The van der Waals surface area contributed by atoms with Crippen molar-refractivity contribution in [2.45, 2.75) is 102 Å². The average Bonchev–Trinajstić information content (AvgIpc) is 3.37. The summed E-state index contributed by atoms with van der Waals surface area (Å²) in [5, 5.41) is 4.21. The highest BCUT2D eigenvalue weighted by molar-refractivity contribution is 6.30. The fourth-order valence-corrected chi connectivity index (χ4v) is 10.5. The highest BCUT2D eigenvalue weighted by Crippen LogP contribution is 2.58. The second kappa shape index (κ2) is 18.0.